The van der Waals surface area contributed by atoms with Crippen LogP contribution in [0.5, 0.6) is 0 Å². The van der Waals surface area contributed by atoms with Gasteiger partial charge in [-0.1, -0.05) is 22.0 Å². The molecule has 0 bridgehead atoms. The van der Waals surface area contributed by atoms with Crippen molar-refractivity contribution >= 4 is 38.9 Å². The highest BCUT2D eigenvalue weighted by atomic mass is 79.9. The van der Waals surface area contributed by atoms with Gasteiger partial charge in [0.25, 0.3) is 12.3 Å². The summed E-state index contributed by atoms with van der Waals surface area (Å²) in [5, 5.41) is 8.32. The van der Waals surface area contributed by atoms with Gasteiger partial charge in [0.15, 0.2) is 0 Å². The number of amides is 1. The standard InChI is InChI=1S/C15H11BrF2N4OS/c1-22-6-10(12(21-22)13(17)18)15-20-11(7-24-15)14(23)19-9-4-2-3-8(16)5-9/h2-7,13H,1H3,(H,19,23). The number of nitrogens with one attached hydrogen (secondary N) is 1. The minimum atomic E-state index is -2.70. The minimum Gasteiger partial charge on any atom is -0.321 e. The largest absolute Gasteiger partial charge is 0.321 e. The van der Waals surface area contributed by atoms with Crippen molar-refractivity contribution < 1.29 is 13.6 Å². The summed E-state index contributed by atoms with van der Waals surface area (Å²) in [6.45, 7) is 0. The first-order valence-corrected chi connectivity index (χ1v) is 8.46. The lowest BCUT2D eigenvalue weighted by Gasteiger charge is -2.03. The number of rotatable bonds is 4. The van der Waals surface area contributed by atoms with E-state index in [4.69, 9.17) is 0 Å². The third kappa shape index (κ3) is 3.51. The molecular weight excluding hydrogens is 402 g/mol. The van der Waals surface area contributed by atoms with Gasteiger partial charge in [-0.25, -0.2) is 13.8 Å². The number of aromatic nitrogens is 3. The fourth-order valence-electron chi connectivity index (χ4n) is 2.09. The van der Waals surface area contributed by atoms with E-state index in [-0.39, 0.29) is 17.0 Å². The smallest absolute Gasteiger partial charge is 0.282 e. The first-order chi connectivity index (χ1) is 11.4. The van der Waals surface area contributed by atoms with Gasteiger partial charge >= 0.3 is 0 Å². The molecule has 5 nitrogen and oxygen atoms in total. The Morgan fingerprint density at radius 1 is 1.42 bits per heavy atom. The number of benzene rings is 1. The molecule has 1 amide bonds. The van der Waals surface area contributed by atoms with E-state index in [1.807, 2.05) is 6.07 Å². The third-order valence-electron chi connectivity index (χ3n) is 3.11. The molecule has 2 heterocycles. The van der Waals surface area contributed by atoms with Crippen LogP contribution in [0.1, 0.15) is 22.6 Å². The number of carbonyl (C=O) groups is 1. The molecule has 0 atom stereocenters. The molecule has 9 heteroatoms. The predicted molar refractivity (Wildman–Crippen MR) is 91.4 cm³/mol. The quantitative estimate of drug-likeness (QED) is 0.686. The monoisotopic (exact) mass is 412 g/mol. The molecule has 0 spiro atoms. The maximum Gasteiger partial charge on any atom is 0.282 e. The number of anilines is 1. The van der Waals surface area contributed by atoms with Crippen LogP contribution < -0.4 is 5.32 Å². The Hall–Kier alpha value is -2.13. The Morgan fingerprint density at radius 3 is 2.92 bits per heavy atom. The van der Waals surface area contributed by atoms with Gasteiger partial charge in [-0.05, 0) is 18.2 Å². The average Bonchev–Trinajstić information content (AvgIpc) is 3.13. The maximum absolute atomic E-state index is 13.0. The number of carbonyl (C=O) groups excluding carboxylic acids is 1. The lowest BCUT2D eigenvalue weighted by atomic mass is 10.2. The van der Waals surface area contributed by atoms with Gasteiger partial charge in [0.2, 0.25) is 0 Å². The molecule has 0 saturated heterocycles. The zero-order chi connectivity index (χ0) is 17.3. The van der Waals surface area contributed by atoms with Crippen LogP contribution in [0.25, 0.3) is 10.6 Å². The van der Waals surface area contributed by atoms with E-state index in [0.29, 0.717) is 10.7 Å². The summed E-state index contributed by atoms with van der Waals surface area (Å²) >= 11 is 4.44. The molecule has 2 aromatic heterocycles. The molecule has 0 unspecified atom stereocenters. The number of nitrogens with zero attached hydrogens (tertiary/aromatic N) is 3. The van der Waals surface area contributed by atoms with E-state index in [2.05, 4.69) is 31.3 Å². The van der Waals surface area contributed by atoms with Crippen molar-refractivity contribution in [2.75, 3.05) is 5.32 Å². The molecular formula is C15H11BrF2N4OS. The SMILES string of the molecule is Cn1cc(-c2nc(C(=O)Nc3cccc(Br)c3)cs2)c(C(F)F)n1. The van der Waals surface area contributed by atoms with Crippen molar-refractivity contribution in [1.82, 2.24) is 14.8 Å². The number of alkyl halides is 2. The Morgan fingerprint density at radius 2 is 2.21 bits per heavy atom. The van der Waals surface area contributed by atoms with Crippen molar-refractivity contribution in [2.24, 2.45) is 7.05 Å². The fraction of sp³-hybridized carbons (Fsp3) is 0.133. The molecule has 0 aliphatic rings. The van der Waals surface area contributed by atoms with Crippen LogP contribution in [-0.4, -0.2) is 20.7 Å². The van der Waals surface area contributed by atoms with Crippen LogP contribution >= 0.6 is 27.3 Å². The second-order valence-corrected chi connectivity index (χ2v) is 6.68. The lowest BCUT2D eigenvalue weighted by Crippen LogP contribution is -2.12. The van der Waals surface area contributed by atoms with Gasteiger partial charge < -0.3 is 5.32 Å². The van der Waals surface area contributed by atoms with Crippen molar-refractivity contribution in [2.45, 2.75) is 6.43 Å². The molecule has 0 saturated carbocycles. The highest BCUT2D eigenvalue weighted by Gasteiger charge is 2.22. The number of hydrogen-bond acceptors (Lipinski definition) is 4. The van der Waals surface area contributed by atoms with Crippen LogP contribution in [0, 0.1) is 0 Å². The Kier molecular flexibility index (Phi) is 4.72. The Labute approximate surface area is 148 Å². The van der Waals surface area contributed by atoms with Gasteiger partial charge in [-0.3, -0.25) is 9.48 Å². The zero-order valence-electron chi connectivity index (χ0n) is 12.3. The number of aryl methyl sites for hydroxylation is 1. The predicted octanol–water partition coefficient (Wildman–Crippen LogP) is 4.50. The lowest BCUT2D eigenvalue weighted by molar-refractivity contribution is 0.102. The van der Waals surface area contributed by atoms with E-state index >= 15 is 0 Å². The van der Waals surface area contributed by atoms with Gasteiger partial charge in [0.05, 0.1) is 5.56 Å². The van der Waals surface area contributed by atoms with Crippen molar-refractivity contribution in [1.29, 1.82) is 0 Å². The van der Waals surface area contributed by atoms with Gasteiger partial charge in [0, 0.05) is 28.8 Å². The molecule has 124 valence electrons. The third-order valence-corrected chi connectivity index (χ3v) is 4.48. The molecule has 0 aliphatic heterocycles. The highest BCUT2D eigenvalue weighted by Crippen LogP contribution is 2.32. The van der Waals surface area contributed by atoms with Crippen LogP contribution in [0.15, 0.2) is 40.3 Å². The van der Waals surface area contributed by atoms with E-state index in [1.54, 1.807) is 25.2 Å². The molecule has 1 aromatic carbocycles. The second-order valence-electron chi connectivity index (χ2n) is 4.90. The molecule has 0 radical (unpaired) electrons. The minimum absolute atomic E-state index is 0.166. The van der Waals surface area contributed by atoms with Crippen LogP contribution in [0.3, 0.4) is 0 Å². The first-order valence-electron chi connectivity index (χ1n) is 6.78. The normalized spacial score (nSPS) is 11.0. The molecule has 3 aromatic rings. The van der Waals surface area contributed by atoms with Crippen LogP contribution in [-0.2, 0) is 7.05 Å². The average molecular weight is 413 g/mol. The second kappa shape index (κ2) is 6.78. The Bertz CT molecular complexity index is 893. The number of halogens is 3. The van der Waals surface area contributed by atoms with E-state index in [9.17, 15) is 13.6 Å². The molecule has 24 heavy (non-hydrogen) atoms. The summed E-state index contributed by atoms with van der Waals surface area (Å²) in [7, 11) is 1.56. The zero-order valence-corrected chi connectivity index (χ0v) is 14.7. The van der Waals surface area contributed by atoms with Crippen molar-refractivity contribution in [3.8, 4) is 10.6 Å². The van der Waals surface area contributed by atoms with Crippen molar-refractivity contribution in [3.63, 3.8) is 0 Å². The number of thiazole rings is 1. The highest BCUT2D eigenvalue weighted by molar-refractivity contribution is 9.10. The Balaban J connectivity index is 1.84. The summed E-state index contributed by atoms with van der Waals surface area (Å²) < 4.78 is 28.2. The molecule has 0 fully saturated rings. The molecule has 1 N–H and O–H groups in total. The van der Waals surface area contributed by atoms with Crippen molar-refractivity contribution in [3.05, 3.63) is 51.7 Å². The van der Waals surface area contributed by atoms with E-state index in [1.165, 1.54) is 16.3 Å². The van der Waals surface area contributed by atoms with Crippen LogP contribution in [0.4, 0.5) is 14.5 Å². The van der Waals surface area contributed by atoms with Gasteiger partial charge in [-0.15, -0.1) is 11.3 Å². The van der Waals surface area contributed by atoms with E-state index < -0.39 is 12.3 Å². The fourth-order valence-corrected chi connectivity index (χ4v) is 3.31. The van der Waals surface area contributed by atoms with Gasteiger partial charge in [0.1, 0.15) is 16.4 Å². The van der Waals surface area contributed by atoms with Gasteiger partial charge in [-0.2, -0.15) is 5.10 Å². The summed E-state index contributed by atoms with van der Waals surface area (Å²) in [6, 6.07) is 7.12. The first kappa shape index (κ1) is 16.7. The van der Waals surface area contributed by atoms with E-state index in [0.717, 1.165) is 15.8 Å². The molecule has 3 rings (SSSR count). The summed E-state index contributed by atoms with van der Waals surface area (Å²) in [4.78, 5) is 16.4. The number of hydrogen-bond donors (Lipinski definition) is 1. The summed E-state index contributed by atoms with van der Waals surface area (Å²) in [6.07, 6.45) is -1.24. The molecule has 0 aliphatic carbocycles. The maximum atomic E-state index is 13.0. The topological polar surface area (TPSA) is 59.8 Å². The summed E-state index contributed by atoms with van der Waals surface area (Å²) in [5.74, 6) is -0.405. The van der Waals surface area contributed by atoms with Crippen LogP contribution in [0.2, 0.25) is 0 Å². The summed E-state index contributed by atoms with van der Waals surface area (Å²) in [5.41, 5.74) is 0.669.